The van der Waals surface area contributed by atoms with E-state index in [1.807, 2.05) is 23.5 Å². The molecule has 0 N–H and O–H groups in total. The fourth-order valence-corrected chi connectivity index (χ4v) is 9.59. The Bertz CT molecular complexity index is 3050. The van der Waals surface area contributed by atoms with Crippen LogP contribution in [-0.2, 0) is 0 Å². The molecule has 0 atom stereocenters. The zero-order valence-corrected chi connectivity index (χ0v) is 25.8. The maximum Gasteiger partial charge on any atom is 0.236 e. The molecule has 11 rings (SSSR count). The van der Waals surface area contributed by atoms with Crippen LogP contribution in [0.5, 0.6) is 0 Å². The van der Waals surface area contributed by atoms with Crippen LogP contribution in [0.15, 0.2) is 132 Å². The van der Waals surface area contributed by atoms with E-state index in [-0.39, 0.29) is 0 Å². The second-order valence-corrected chi connectivity index (χ2v) is 13.8. The fraction of sp³-hybridized carbons (Fsp3) is 0. The van der Waals surface area contributed by atoms with Gasteiger partial charge < -0.3 is 4.42 Å². The van der Waals surface area contributed by atoms with Crippen LogP contribution in [0.2, 0.25) is 0 Å². The molecule has 214 valence electrons. The number of para-hydroxylation sites is 3. The molecule has 0 bridgehead atoms. The van der Waals surface area contributed by atoms with Gasteiger partial charge in [-0.1, -0.05) is 97.1 Å². The molecule has 11 aromatic rings. The Morgan fingerprint density at radius 2 is 1.22 bits per heavy atom. The summed E-state index contributed by atoms with van der Waals surface area (Å²) < 4.78 is 12.6. The number of fused-ring (bicyclic) bond motifs is 13. The van der Waals surface area contributed by atoms with Crippen LogP contribution in [0.1, 0.15) is 0 Å². The molecule has 46 heavy (non-hydrogen) atoms. The maximum atomic E-state index is 6.58. The Hall–Kier alpha value is -5.56. The van der Waals surface area contributed by atoms with Crippen LogP contribution in [0.3, 0.4) is 0 Å². The molecule has 0 fully saturated rings. The van der Waals surface area contributed by atoms with Crippen molar-refractivity contribution < 1.29 is 4.42 Å². The number of rotatable bonds is 2. The number of hydrogen-bond donors (Lipinski definition) is 0. The molecule has 0 aliphatic heterocycles. The molecule has 0 saturated carbocycles. The summed E-state index contributed by atoms with van der Waals surface area (Å²) in [7, 11) is 0. The smallest absolute Gasteiger partial charge is 0.236 e. The second kappa shape index (κ2) is 9.01. The summed E-state index contributed by atoms with van der Waals surface area (Å²) in [6, 6.07) is 45.0. The Kier molecular flexibility index (Phi) is 4.84. The summed E-state index contributed by atoms with van der Waals surface area (Å²) in [4.78, 5) is 11.9. The zero-order valence-electron chi connectivity index (χ0n) is 24.2. The largest absolute Gasteiger partial charge is 0.455 e. The Morgan fingerprint density at radius 3 is 2.11 bits per heavy atom. The highest BCUT2D eigenvalue weighted by molar-refractivity contribution is 7.26. The standard InChI is InChI=1S/C40H21N3OS2/c1-5-16-30-22(10-1)25-20-21-27-24-12-3-7-18-32(24)45-38(27)36(25)43(30)40-41-35(34-28-13-4-8-19-33(28)46-39(34)42-40)29-15-9-14-26-23-11-2-6-17-31(23)44-37(26)29/h1-21H. The Labute approximate surface area is 269 Å². The molecule has 6 aromatic carbocycles. The van der Waals surface area contributed by atoms with Crippen molar-refractivity contribution >= 4 is 107 Å². The summed E-state index contributed by atoms with van der Waals surface area (Å²) in [5, 5.41) is 9.34. The Balaban J connectivity index is 1.32. The monoisotopic (exact) mass is 623 g/mol. The molecule has 0 unspecified atom stereocenters. The number of nitrogens with zero attached hydrogens (tertiary/aromatic N) is 3. The highest BCUT2D eigenvalue weighted by atomic mass is 32.1. The van der Waals surface area contributed by atoms with Gasteiger partial charge in [-0.3, -0.25) is 4.57 Å². The number of benzene rings is 6. The molecule has 4 nitrogen and oxygen atoms in total. The third kappa shape index (κ3) is 3.22. The van der Waals surface area contributed by atoms with Crippen LogP contribution in [-0.4, -0.2) is 14.5 Å². The van der Waals surface area contributed by atoms with Gasteiger partial charge in [0, 0.05) is 58.1 Å². The van der Waals surface area contributed by atoms with Crippen molar-refractivity contribution in [1.82, 2.24) is 14.5 Å². The van der Waals surface area contributed by atoms with Crippen LogP contribution >= 0.6 is 22.7 Å². The van der Waals surface area contributed by atoms with E-state index in [4.69, 9.17) is 14.4 Å². The van der Waals surface area contributed by atoms with Crippen LogP contribution in [0.4, 0.5) is 0 Å². The first-order valence-corrected chi connectivity index (χ1v) is 16.9. The van der Waals surface area contributed by atoms with Crippen molar-refractivity contribution in [3.05, 3.63) is 127 Å². The molecule has 0 amide bonds. The van der Waals surface area contributed by atoms with E-state index in [1.54, 1.807) is 11.3 Å². The highest BCUT2D eigenvalue weighted by Crippen LogP contribution is 2.45. The van der Waals surface area contributed by atoms with Gasteiger partial charge in [0.1, 0.15) is 16.0 Å². The molecule has 5 heterocycles. The van der Waals surface area contributed by atoms with Crippen LogP contribution in [0.25, 0.3) is 101 Å². The van der Waals surface area contributed by atoms with Crippen LogP contribution in [0, 0.1) is 0 Å². The lowest BCUT2D eigenvalue weighted by Crippen LogP contribution is -2.02. The molecule has 0 saturated heterocycles. The van der Waals surface area contributed by atoms with E-state index in [1.165, 1.54) is 35.6 Å². The lowest BCUT2D eigenvalue weighted by Gasteiger charge is -2.11. The molecule has 5 aromatic heterocycles. The van der Waals surface area contributed by atoms with Crippen molar-refractivity contribution in [2.45, 2.75) is 0 Å². The fourth-order valence-electron chi connectivity index (χ4n) is 7.28. The molecule has 0 radical (unpaired) electrons. The molecule has 0 spiro atoms. The predicted octanol–water partition coefficient (Wildman–Crippen LogP) is 11.9. The minimum atomic E-state index is 0.665. The number of furan rings is 1. The number of aromatic nitrogens is 3. The van der Waals surface area contributed by atoms with Gasteiger partial charge in [0.05, 0.1) is 21.4 Å². The quantitative estimate of drug-likeness (QED) is 0.192. The summed E-state index contributed by atoms with van der Waals surface area (Å²) in [6.07, 6.45) is 0. The summed E-state index contributed by atoms with van der Waals surface area (Å²) >= 11 is 3.56. The average Bonchev–Trinajstić information content (AvgIpc) is 3.86. The second-order valence-electron chi connectivity index (χ2n) is 11.7. The van der Waals surface area contributed by atoms with Crippen molar-refractivity contribution in [2.24, 2.45) is 0 Å². The first kappa shape index (κ1) is 24.7. The normalized spacial score (nSPS) is 12.3. The van der Waals surface area contributed by atoms with Crippen molar-refractivity contribution in [3.8, 4) is 17.2 Å². The van der Waals surface area contributed by atoms with Crippen molar-refractivity contribution in [1.29, 1.82) is 0 Å². The van der Waals surface area contributed by atoms with E-state index >= 15 is 0 Å². The van der Waals surface area contributed by atoms with E-state index in [0.29, 0.717) is 5.95 Å². The first-order valence-electron chi connectivity index (χ1n) is 15.3. The van der Waals surface area contributed by atoms with Gasteiger partial charge >= 0.3 is 0 Å². The first-order chi connectivity index (χ1) is 22.8. The lowest BCUT2D eigenvalue weighted by atomic mass is 10.0. The third-order valence-corrected chi connectivity index (χ3v) is 11.5. The number of thiophene rings is 2. The average molecular weight is 624 g/mol. The van der Waals surface area contributed by atoms with Gasteiger partial charge in [-0.25, -0.2) is 9.97 Å². The van der Waals surface area contributed by atoms with Gasteiger partial charge in [0.25, 0.3) is 0 Å². The molecular weight excluding hydrogens is 603 g/mol. The minimum absolute atomic E-state index is 0.665. The molecule has 6 heteroatoms. The SMILES string of the molecule is c1ccc2c(c1)oc1c(-c3nc(-n4c5ccccc5c5ccc6c7ccccc7sc6c54)nc4sc5ccccc5c34)cccc12. The molecular formula is C40H21N3OS2. The minimum Gasteiger partial charge on any atom is -0.455 e. The Morgan fingerprint density at radius 1 is 0.522 bits per heavy atom. The van der Waals surface area contributed by atoms with Crippen molar-refractivity contribution in [2.75, 3.05) is 0 Å². The van der Waals surface area contributed by atoms with E-state index in [9.17, 15) is 0 Å². The van der Waals surface area contributed by atoms with E-state index in [2.05, 4.69) is 120 Å². The lowest BCUT2D eigenvalue weighted by molar-refractivity contribution is 0.670. The molecule has 0 aliphatic carbocycles. The van der Waals surface area contributed by atoms with E-state index in [0.717, 1.165) is 59.8 Å². The summed E-state index contributed by atoms with van der Waals surface area (Å²) in [5.41, 5.74) is 5.82. The summed E-state index contributed by atoms with van der Waals surface area (Å²) in [6.45, 7) is 0. The zero-order chi connectivity index (χ0) is 29.9. The van der Waals surface area contributed by atoms with Gasteiger partial charge in [0.2, 0.25) is 5.95 Å². The van der Waals surface area contributed by atoms with Gasteiger partial charge in [-0.2, -0.15) is 0 Å². The maximum absolute atomic E-state index is 6.58. The highest BCUT2D eigenvalue weighted by Gasteiger charge is 2.24. The number of hydrogen-bond acceptors (Lipinski definition) is 5. The van der Waals surface area contributed by atoms with Gasteiger partial charge in [-0.05, 0) is 30.3 Å². The summed E-state index contributed by atoms with van der Waals surface area (Å²) in [5.74, 6) is 0.665. The van der Waals surface area contributed by atoms with Crippen LogP contribution < -0.4 is 0 Å². The van der Waals surface area contributed by atoms with Gasteiger partial charge in [-0.15, -0.1) is 22.7 Å². The molecule has 0 aliphatic rings. The van der Waals surface area contributed by atoms with E-state index < -0.39 is 0 Å². The topological polar surface area (TPSA) is 43.9 Å². The third-order valence-electron chi connectivity index (χ3n) is 9.27. The van der Waals surface area contributed by atoms with Gasteiger partial charge in [0.15, 0.2) is 0 Å². The van der Waals surface area contributed by atoms with Crippen molar-refractivity contribution in [3.63, 3.8) is 0 Å². The predicted molar refractivity (Wildman–Crippen MR) is 195 cm³/mol.